The smallest absolute Gasteiger partial charge is 0.225 e. The van der Waals surface area contributed by atoms with E-state index in [1.54, 1.807) is 0 Å². The summed E-state index contributed by atoms with van der Waals surface area (Å²) in [6, 6.07) is 10.1. The summed E-state index contributed by atoms with van der Waals surface area (Å²) in [5.74, 6) is 0.276. The third-order valence-electron chi connectivity index (χ3n) is 3.60. The van der Waals surface area contributed by atoms with Gasteiger partial charge >= 0.3 is 0 Å². The molecule has 18 heavy (non-hydrogen) atoms. The number of hydrogen-bond acceptors (Lipinski definition) is 2. The van der Waals surface area contributed by atoms with Crippen molar-refractivity contribution >= 4 is 5.91 Å². The second kappa shape index (κ2) is 5.53. The van der Waals surface area contributed by atoms with Gasteiger partial charge in [0.15, 0.2) is 0 Å². The summed E-state index contributed by atoms with van der Waals surface area (Å²) in [6.07, 6.45) is 2.08. The lowest BCUT2D eigenvalue weighted by atomic mass is 9.92. The SMILES string of the molecule is CC(C)(NC(=O)C1CCCNC1)c1ccccc1. The van der Waals surface area contributed by atoms with Gasteiger partial charge in [0, 0.05) is 6.54 Å². The molecule has 2 rings (SSSR count). The summed E-state index contributed by atoms with van der Waals surface area (Å²) in [7, 11) is 0. The van der Waals surface area contributed by atoms with E-state index in [0.29, 0.717) is 0 Å². The van der Waals surface area contributed by atoms with Crippen LogP contribution in [-0.4, -0.2) is 19.0 Å². The number of piperidine rings is 1. The van der Waals surface area contributed by atoms with Crippen molar-refractivity contribution in [3.05, 3.63) is 35.9 Å². The predicted molar refractivity (Wildman–Crippen MR) is 73.2 cm³/mol. The zero-order valence-corrected chi connectivity index (χ0v) is 11.2. The molecular formula is C15H22N2O. The van der Waals surface area contributed by atoms with Crippen LogP contribution in [0.4, 0.5) is 0 Å². The topological polar surface area (TPSA) is 41.1 Å². The highest BCUT2D eigenvalue weighted by atomic mass is 16.2. The van der Waals surface area contributed by atoms with E-state index in [2.05, 4.69) is 36.6 Å². The third kappa shape index (κ3) is 3.10. The second-order valence-electron chi connectivity index (χ2n) is 5.52. The van der Waals surface area contributed by atoms with Gasteiger partial charge in [0.2, 0.25) is 5.91 Å². The molecular weight excluding hydrogens is 224 g/mol. The van der Waals surface area contributed by atoms with Crippen LogP contribution in [0, 0.1) is 5.92 Å². The lowest BCUT2D eigenvalue weighted by Gasteiger charge is -2.30. The highest BCUT2D eigenvalue weighted by Crippen LogP contribution is 2.21. The maximum absolute atomic E-state index is 12.2. The molecule has 1 heterocycles. The van der Waals surface area contributed by atoms with Crippen LogP contribution in [0.25, 0.3) is 0 Å². The molecule has 1 amide bonds. The van der Waals surface area contributed by atoms with Crippen LogP contribution in [0.5, 0.6) is 0 Å². The molecule has 98 valence electrons. The Morgan fingerprint density at radius 1 is 1.33 bits per heavy atom. The van der Waals surface area contributed by atoms with Gasteiger partial charge in [-0.2, -0.15) is 0 Å². The van der Waals surface area contributed by atoms with Gasteiger partial charge in [0.05, 0.1) is 11.5 Å². The minimum atomic E-state index is -0.310. The van der Waals surface area contributed by atoms with Crippen molar-refractivity contribution in [3.8, 4) is 0 Å². The van der Waals surface area contributed by atoms with Crippen molar-refractivity contribution < 1.29 is 4.79 Å². The van der Waals surface area contributed by atoms with Crippen LogP contribution in [0.3, 0.4) is 0 Å². The van der Waals surface area contributed by atoms with Gasteiger partial charge in [-0.15, -0.1) is 0 Å². The van der Waals surface area contributed by atoms with E-state index in [1.165, 1.54) is 0 Å². The Kier molecular flexibility index (Phi) is 4.02. The molecule has 0 aliphatic carbocycles. The molecule has 1 unspecified atom stereocenters. The molecule has 1 aliphatic heterocycles. The van der Waals surface area contributed by atoms with Crippen molar-refractivity contribution in [2.24, 2.45) is 5.92 Å². The first kappa shape index (κ1) is 13.1. The molecule has 1 saturated heterocycles. The molecule has 1 atom stereocenters. The lowest BCUT2D eigenvalue weighted by molar-refractivity contribution is -0.127. The van der Waals surface area contributed by atoms with Crippen molar-refractivity contribution in [3.63, 3.8) is 0 Å². The third-order valence-corrected chi connectivity index (χ3v) is 3.60. The van der Waals surface area contributed by atoms with Crippen LogP contribution >= 0.6 is 0 Å². The summed E-state index contributed by atoms with van der Waals surface area (Å²) in [4.78, 5) is 12.2. The summed E-state index contributed by atoms with van der Waals surface area (Å²) >= 11 is 0. The molecule has 1 aliphatic rings. The normalized spacial score (nSPS) is 20.4. The quantitative estimate of drug-likeness (QED) is 0.857. The fraction of sp³-hybridized carbons (Fsp3) is 0.533. The number of carbonyl (C=O) groups is 1. The second-order valence-corrected chi connectivity index (χ2v) is 5.52. The van der Waals surface area contributed by atoms with Gasteiger partial charge < -0.3 is 10.6 Å². The van der Waals surface area contributed by atoms with Crippen molar-refractivity contribution in [2.75, 3.05) is 13.1 Å². The summed E-state index contributed by atoms with van der Waals surface area (Å²) < 4.78 is 0. The molecule has 0 spiro atoms. The van der Waals surface area contributed by atoms with Crippen molar-refractivity contribution in [1.82, 2.24) is 10.6 Å². The standard InChI is InChI=1S/C15H22N2O/c1-15(2,13-8-4-3-5-9-13)17-14(18)12-7-6-10-16-11-12/h3-5,8-9,12,16H,6-7,10-11H2,1-2H3,(H,17,18). The fourth-order valence-electron chi connectivity index (χ4n) is 2.41. The van der Waals surface area contributed by atoms with Crippen molar-refractivity contribution in [1.29, 1.82) is 0 Å². The van der Waals surface area contributed by atoms with E-state index < -0.39 is 0 Å². The molecule has 1 aromatic rings. The first-order valence-corrected chi connectivity index (χ1v) is 6.68. The number of benzene rings is 1. The summed E-state index contributed by atoms with van der Waals surface area (Å²) in [5, 5.41) is 6.44. The Labute approximate surface area is 109 Å². The monoisotopic (exact) mass is 246 g/mol. The van der Waals surface area contributed by atoms with Gasteiger partial charge in [0.1, 0.15) is 0 Å². The Morgan fingerprint density at radius 2 is 2.06 bits per heavy atom. The summed E-state index contributed by atoms with van der Waals surface area (Å²) in [6.45, 7) is 5.94. The van der Waals surface area contributed by atoms with Gasteiger partial charge in [-0.1, -0.05) is 30.3 Å². The van der Waals surface area contributed by atoms with E-state index in [0.717, 1.165) is 31.5 Å². The average Bonchev–Trinajstić information content (AvgIpc) is 2.40. The minimum absolute atomic E-state index is 0.113. The van der Waals surface area contributed by atoms with Crippen LogP contribution in [-0.2, 0) is 10.3 Å². The maximum atomic E-state index is 12.2. The van der Waals surface area contributed by atoms with Gasteiger partial charge in [-0.25, -0.2) is 0 Å². The molecule has 0 bridgehead atoms. The Bertz CT molecular complexity index is 394. The first-order valence-electron chi connectivity index (χ1n) is 6.68. The lowest BCUT2D eigenvalue weighted by Crippen LogP contribution is -2.47. The zero-order valence-electron chi connectivity index (χ0n) is 11.2. The number of amides is 1. The van der Waals surface area contributed by atoms with Crippen LogP contribution in [0.2, 0.25) is 0 Å². The molecule has 0 saturated carbocycles. The first-order chi connectivity index (χ1) is 8.59. The van der Waals surface area contributed by atoms with E-state index in [9.17, 15) is 4.79 Å². The Morgan fingerprint density at radius 3 is 2.67 bits per heavy atom. The molecule has 1 fully saturated rings. The average molecular weight is 246 g/mol. The van der Waals surface area contributed by atoms with Gasteiger partial charge in [-0.3, -0.25) is 4.79 Å². The predicted octanol–water partition coefficient (Wildman–Crippen LogP) is 2.04. The Hall–Kier alpha value is -1.35. The highest BCUT2D eigenvalue weighted by Gasteiger charge is 2.27. The van der Waals surface area contributed by atoms with E-state index in [1.807, 2.05) is 18.2 Å². The largest absolute Gasteiger partial charge is 0.347 e. The minimum Gasteiger partial charge on any atom is -0.347 e. The molecule has 1 aromatic carbocycles. The molecule has 2 N–H and O–H groups in total. The molecule has 3 nitrogen and oxygen atoms in total. The zero-order chi connectivity index (χ0) is 13.0. The van der Waals surface area contributed by atoms with E-state index in [-0.39, 0.29) is 17.4 Å². The Balaban J connectivity index is 2.01. The van der Waals surface area contributed by atoms with E-state index >= 15 is 0 Å². The van der Waals surface area contributed by atoms with Crippen LogP contribution < -0.4 is 10.6 Å². The van der Waals surface area contributed by atoms with Gasteiger partial charge in [-0.05, 0) is 38.8 Å². The van der Waals surface area contributed by atoms with E-state index in [4.69, 9.17) is 0 Å². The number of rotatable bonds is 3. The van der Waals surface area contributed by atoms with Crippen molar-refractivity contribution in [2.45, 2.75) is 32.2 Å². The fourth-order valence-corrected chi connectivity index (χ4v) is 2.41. The molecule has 3 heteroatoms. The van der Waals surface area contributed by atoms with Crippen LogP contribution in [0.1, 0.15) is 32.3 Å². The maximum Gasteiger partial charge on any atom is 0.225 e. The number of hydrogen-bond donors (Lipinski definition) is 2. The molecule has 0 radical (unpaired) electrons. The number of nitrogens with one attached hydrogen (secondary N) is 2. The highest BCUT2D eigenvalue weighted by molar-refractivity contribution is 5.79. The van der Waals surface area contributed by atoms with Crippen LogP contribution in [0.15, 0.2) is 30.3 Å². The van der Waals surface area contributed by atoms with Gasteiger partial charge in [0.25, 0.3) is 0 Å². The number of carbonyl (C=O) groups excluding carboxylic acids is 1. The summed E-state index contributed by atoms with van der Waals surface area (Å²) in [5.41, 5.74) is 0.831. The molecule has 0 aromatic heterocycles.